The molecule has 3 nitrogen and oxygen atoms in total. The highest BCUT2D eigenvalue weighted by molar-refractivity contribution is 7.99. The van der Waals surface area contributed by atoms with Crippen LogP contribution in [0.3, 0.4) is 0 Å². The molecule has 0 amide bonds. The molecular formula is C16H18ClNO2S2. The van der Waals surface area contributed by atoms with Crippen LogP contribution in [0.1, 0.15) is 5.56 Å². The lowest BCUT2D eigenvalue weighted by molar-refractivity contribution is 0.430. The van der Waals surface area contributed by atoms with Crippen LogP contribution >= 0.6 is 23.4 Å². The molecule has 0 aromatic heterocycles. The molecule has 118 valence electrons. The Morgan fingerprint density at radius 1 is 1.05 bits per heavy atom. The van der Waals surface area contributed by atoms with Gasteiger partial charge in [0, 0.05) is 28.8 Å². The molecule has 6 heteroatoms. The minimum absolute atomic E-state index is 0.404. The molecule has 0 saturated heterocycles. The van der Waals surface area contributed by atoms with E-state index >= 15 is 0 Å². The van der Waals surface area contributed by atoms with Gasteiger partial charge in [-0.15, -0.1) is 11.8 Å². The summed E-state index contributed by atoms with van der Waals surface area (Å²) in [5.41, 5.74) is 0.990. The normalized spacial score (nSPS) is 11.8. The average Bonchev–Trinajstić information content (AvgIpc) is 2.48. The quantitative estimate of drug-likeness (QED) is 0.707. The van der Waals surface area contributed by atoms with Crippen LogP contribution in [0.2, 0.25) is 5.02 Å². The predicted molar refractivity (Wildman–Crippen MR) is 93.9 cm³/mol. The fraction of sp³-hybridized carbons (Fsp3) is 0.250. The van der Waals surface area contributed by atoms with Gasteiger partial charge >= 0.3 is 0 Å². The predicted octanol–water partition coefficient (Wildman–Crippen LogP) is 3.89. The zero-order chi connectivity index (χ0) is 16.0. The molecule has 0 aliphatic heterocycles. The molecule has 0 heterocycles. The maximum absolute atomic E-state index is 11.9. The van der Waals surface area contributed by atoms with Crippen molar-refractivity contribution in [2.75, 3.05) is 18.6 Å². The Bertz CT molecular complexity index is 688. The number of nitrogens with zero attached hydrogens (tertiary/aromatic N) is 1. The third kappa shape index (κ3) is 5.65. The van der Waals surface area contributed by atoms with Gasteiger partial charge in [0.2, 0.25) is 10.0 Å². The van der Waals surface area contributed by atoms with Gasteiger partial charge in [-0.1, -0.05) is 41.9 Å². The molecule has 2 rings (SSSR count). The monoisotopic (exact) mass is 355 g/mol. The number of rotatable bonds is 7. The van der Waals surface area contributed by atoms with E-state index in [9.17, 15) is 8.42 Å². The van der Waals surface area contributed by atoms with E-state index in [-0.39, 0.29) is 0 Å². The summed E-state index contributed by atoms with van der Waals surface area (Å²) in [7, 11) is -3.23. The van der Waals surface area contributed by atoms with E-state index in [4.69, 9.17) is 11.6 Å². The van der Waals surface area contributed by atoms with Crippen molar-refractivity contribution in [1.29, 1.82) is 0 Å². The number of hydrogen-bond acceptors (Lipinski definition) is 3. The first-order valence-corrected chi connectivity index (χ1v) is 10.0. The molecule has 0 saturated carbocycles. The molecule has 2 aromatic rings. The van der Waals surface area contributed by atoms with E-state index in [2.05, 4.69) is 0 Å². The molecule has 0 radical (unpaired) electrons. The van der Waals surface area contributed by atoms with Gasteiger partial charge in [-0.05, 0) is 29.8 Å². The summed E-state index contributed by atoms with van der Waals surface area (Å²) in [6, 6.07) is 17.2. The van der Waals surface area contributed by atoms with E-state index in [1.54, 1.807) is 11.8 Å². The molecule has 2 aromatic carbocycles. The lowest BCUT2D eigenvalue weighted by Crippen LogP contribution is -2.31. The molecule has 0 fully saturated rings. The van der Waals surface area contributed by atoms with Crippen LogP contribution in [0.15, 0.2) is 59.5 Å². The Balaban J connectivity index is 1.94. The van der Waals surface area contributed by atoms with Gasteiger partial charge < -0.3 is 0 Å². The lowest BCUT2D eigenvalue weighted by atomic mass is 10.2. The van der Waals surface area contributed by atoms with E-state index in [0.29, 0.717) is 23.9 Å². The number of sulfonamides is 1. The highest BCUT2D eigenvalue weighted by Crippen LogP contribution is 2.21. The molecule has 0 aliphatic carbocycles. The van der Waals surface area contributed by atoms with Gasteiger partial charge in [0.25, 0.3) is 0 Å². The van der Waals surface area contributed by atoms with E-state index in [1.807, 2.05) is 54.6 Å². The van der Waals surface area contributed by atoms with Crippen LogP contribution in [0.4, 0.5) is 0 Å². The second-order valence-corrected chi connectivity index (χ2v) is 8.47. The van der Waals surface area contributed by atoms with Crippen LogP contribution in [0.25, 0.3) is 0 Å². The molecule has 0 bridgehead atoms. The molecule has 0 aliphatic rings. The number of thioether (sulfide) groups is 1. The number of benzene rings is 2. The van der Waals surface area contributed by atoms with Gasteiger partial charge in [-0.3, -0.25) is 0 Å². The van der Waals surface area contributed by atoms with Crippen molar-refractivity contribution in [2.45, 2.75) is 11.4 Å². The first-order chi connectivity index (χ1) is 10.4. The molecule has 22 heavy (non-hydrogen) atoms. The van der Waals surface area contributed by atoms with Crippen molar-refractivity contribution in [3.63, 3.8) is 0 Å². The highest BCUT2D eigenvalue weighted by Gasteiger charge is 2.16. The summed E-state index contributed by atoms with van der Waals surface area (Å²) in [4.78, 5) is 1.08. The summed E-state index contributed by atoms with van der Waals surface area (Å²) < 4.78 is 25.3. The molecular weight excluding hydrogens is 338 g/mol. The topological polar surface area (TPSA) is 37.4 Å². The van der Waals surface area contributed by atoms with Gasteiger partial charge in [-0.25, -0.2) is 8.42 Å². The third-order valence-electron chi connectivity index (χ3n) is 3.09. The van der Waals surface area contributed by atoms with Crippen molar-refractivity contribution in [3.8, 4) is 0 Å². The molecule has 0 unspecified atom stereocenters. The van der Waals surface area contributed by atoms with Gasteiger partial charge in [0.05, 0.1) is 6.26 Å². The van der Waals surface area contributed by atoms with E-state index in [1.165, 1.54) is 10.6 Å². The fourth-order valence-electron chi connectivity index (χ4n) is 1.95. The SMILES string of the molecule is CS(=O)(=O)N(CCSc1ccc(Cl)cc1)Cc1ccccc1. The van der Waals surface area contributed by atoms with Crippen LogP contribution in [0.5, 0.6) is 0 Å². The van der Waals surface area contributed by atoms with Crippen LogP contribution in [-0.4, -0.2) is 31.3 Å². The largest absolute Gasteiger partial charge is 0.212 e. The maximum Gasteiger partial charge on any atom is 0.211 e. The lowest BCUT2D eigenvalue weighted by Gasteiger charge is -2.19. The molecule has 0 spiro atoms. The number of halogens is 1. The fourth-order valence-corrected chi connectivity index (χ4v) is 3.87. The summed E-state index contributed by atoms with van der Waals surface area (Å²) in [6.07, 6.45) is 1.25. The second kappa shape index (κ2) is 8.02. The molecule has 0 atom stereocenters. The minimum Gasteiger partial charge on any atom is -0.212 e. The maximum atomic E-state index is 11.9. The summed E-state index contributed by atoms with van der Waals surface area (Å²) in [6.45, 7) is 0.877. The van der Waals surface area contributed by atoms with E-state index in [0.717, 1.165) is 10.5 Å². The van der Waals surface area contributed by atoms with Crippen molar-refractivity contribution < 1.29 is 8.42 Å². The van der Waals surface area contributed by atoms with Crippen LogP contribution in [-0.2, 0) is 16.6 Å². The first kappa shape index (κ1) is 17.3. The number of hydrogen-bond donors (Lipinski definition) is 0. The zero-order valence-corrected chi connectivity index (χ0v) is 14.7. The summed E-state index contributed by atoms with van der Waals surface area (Å²) >= 11 is 7.47. The standard InChI is InChI=1S/C16H18ClNO2S2/c1-22(19,20)18(13-14-5-3-2-4-6-14)11-12-21-16-9-7-15(17)8-10-16/h2-10H,11-13H2,1H3. The Morgan fingerprint density at radius 3 is 2.27 bits per heavy atom. The summed E-state index contributed by atoms with van der Waals surface area (Å²) in [5, 5.41) is 0.700. The van der Waals surface area contributed by atoms with Crippen molar-refractivity contribution in [2.24, 2.45) is 0 Å². The minimum atomic E-state index is -3.23. The summed E-state index contributed by atoms with van der Waals surface area (Å²) in [5.74, 6) is 0.696. The average molecular weight is 356 g/mol. The van der Waals surface area contributed by atoms with Gasteiger partial charge in [0.1, 0.15) is 0 Å². The van der Waals surface area contributed by atoms with Crippen molar-refractivity contribution >= 4 is 33.4 Å². The Hall–Kier alpha value is -1.01. The Labute approximate surface area is 141 Å². The zero-order valence-electron chi connectivity index (χ0n) is 12.3. The third-order valence-corrected chi connectivity index (χ3v) is 5.59. The van der Waals surface area contributed by atoms with Crippen molar-refractivity contribution in [1.82, 2.24) is 4.31 Å². The smallest absolute Gasteiger partial charge is 0.211 e. The molecule has 0 N–H and O–H groups in total. The highest BCUT2D eigenvalue weighted by atomic mass is 35.5. The van der Waals surface area contributed by atoms with Crippen LogP contribution in [0, 0.1) is 0 Å². The van der Waals surface area contributed by atoms with E-state index < -0.39 is 10.0 Å². The second-order valence-electron chi connectivity index (χ2n) is 4.88. The Morgan fingerprint density at radius 2 is 1.68 bits per heavy atom. The van der Waals surface area contributed by atoms with Crippen molar-refractivity contribution in [3.05, 3.63) is 65.2 Å². The van der Waals surface area contributed by atoms with Gasteiger partial charge in [-0.2, -0.15) is 4.31 Å². The first-order valence-electron chi connectivity index (χ1n) is 6.82. The van der Waals surface area contributed by atoms with Gasteiger partial charge in [0.15, 0.2) is 0 Å². The van der Waals surface area contributed by atoms with Crippen LogP contribution < -0.4 is 0 Å². The Kier molecular flexibility index (Phi) is 6.32.